The molecule has 0 amide bonds. The summed E-state index contributed by atoms with van der Waals surface area (Å²) in [7, 11) is 0. The Labute approximate surface area is 147 Å². The number of H-pyrrole nitrogens is 1. The van der Waals surface area contributed by atoms with Gasteiger partial charge in [0.25, 0.3) is 5.56 Å². The second kappa shape index (κ2) is 6.30. The van der Waals surface area contributed by atoms with Crippen molar-refractivity contribution in [1.29, 1.82) is 0 Å². The summed E-state index contributed by atoms with van der Waals surface area (Å²) < 4.78 is 6.18. The van der Waals surface area contributed by atoms with E-state index >= 15 is 0 Å². The molecule has 0 fully saturated rings. The average molecular weight is 366 g/mol. The van der Waals surface area contributed by atoms with Crippen LogP contribution in [0.4, 0.5) is 0 Å². The van der Waals surface area contributed by atoms with Gasteiger partial charge >= 0.3 is 5.97 Å². The number of halogens is 2. The molecule has 2 aromatic heterocycles. The first-order valence-electron chi connectivity index (χ1n) is 7.17. The lowest BCUT2D eigenvalue weighted by Gasteiger charge is -2.05. The minimum absolute atomic E-state index is 0.0338. The van der Waals surface area contributed by atoms with Crippen LogP contribution in [-0.4, -0.2) is 27.2 Å². The molecule has 0 saturated heterocycles. The molecule has 0 unspecified atom stereocenters. The predicted octanol–water partition coefficient (Wildman–Crippen LogP) is 3.48. The maximum atomic E-state index is 12.4. The number of aryl methyl sites for hydroxylation is 1. The largest absolute Gasteiger partial charge is 0.461 e. The summed E-state index contributed by atoms with van der Waals surface area (Å²) in [5.41, 5.74) is 1.72. The van der Waals surface area contributed by atoms with Crippen LogP contribution in [0.15, 0.2) is 29.2 Å². The van der Waals surface area contributed by atoms with Crippen molar-refractivity contribution in [2.45, 2.75) is 13.8 Å². The molecule has 0 atom stereocenters. The van der Waals surface area contributed by atoms with Gasteiger partial charge in [-0.05, 0) is 37.1 Å². The second-order valence-electron chi connectivity index (χ2n) is 5.14. The molecule has 0 aliphatic rings. The number of hydrogen-bond acceptors (Lipinski definition) is 4. The highest BCUT2D eigenvalue weighted by molar-refractivity contribution is 6.36. The van der Waals surface area contributed by atoms with E-state index in [-0.39, 0.29) is 22.8 Å². The lowest BCUT2D eigenvalue weighted by molar-refractivity contribution is 0.0519. The molecule has 124 valence electrons. The van der Waals surface area contributed by atoms with Gasteiger partial charge in [-0.3, -0.25) is 4.79 Å². The van der Waals surface area contributed by atoms with Gasteiger partial charge in [-0.1, -0.05) is 29.3 Å². The van der Waals surface area contributed by atoms with E-state index < -0.39 is 11.5 Å². The molecule has 1 aromatic carbocycles. The van der Waals surface area contributed by atoms with Crippen molar-refractivity contribution in [2.24, 2.45) is 0 Å². The number of esters is 1. The fraction of sp³-hybridized carbons (Fsp3) is 0.188. The molecule has 0 saturated carbocycles. The Morgan fingerprint density at radius 2 is 2.12 bits per heavy atom. The number of nitrogens with zero attached hydrogens (tertiary/aromatic N) is 2. The molecule has 0 aliphatic carbocycles. The predicted molar refractivity (Wildman–Crippen MR) is 92.0 cm³/mol. The van der Waals surface area contributed by atoms with Gasteiger partial charge < -0.3 is 9.72 Å². The summed E-state index contributed by atoms with van der Waals surface area (Å²) in [6, 6.07) is 5.37. The van der Waals surface area contributed by atoms with Crippen molar-refractivity contribution in [3.8, 4) is 11.3 Å². The highest BCUT2D eigenvalue weighted by atomic mass is 35.5. The Hall–Kier alpha value is -2.31. The molecule has 0 bridgehead atoms. The van der Waals surface area contributed by atoms with E-state index in [2.05, 4.69) is 10.1 Å². The van der Waals surface area contributed by atoms with Crippen LogP contribution < -0.4 is 5.56 Å². The Kier molecular flexibility index (Phi) is 4.34. The molecule has 0 radical (unpaired) electrons. The smallest absolute Gasteiger partial charge is 0.360 e. The molecule has 6 nitrogen and oxygen atoms in total. The van der Waals surface area contributed by atoms with Crippen LogP contribution in [0.3, 0.4) is 0 Å². The van der Waals surface area contributed by atoms with Gasteiger partial charge in [0.05, 0.1) is 18.5 Å². The van der Waals surface area contributed by atoms with Crippen molar-refractivity contribution < 1.29 is 9.53 Å². The van der Waals surface area contributed by atoms with Gasteiger partial charge in [0, 0.05) is 5.02 Å². The minimum Gasteiger partial charge on any atom is -0.461 e. The first-order chi connectivity index (χ1) is 11.4. The monoisotopic (exact) mass is 365 g/mol. The summed E-state index contributed by atoms with van der Waals surface area (Å²) >= 11 is 12.1. The molecular weight excluding hydrogens is 353 g/mol. The standard InChI is InChI=1S/C16H13Cl2N3O3/c1-3-24-16(23)13-12(18)14-15(22)19-11(7-21(14)20-13)9-4-5-10(17)8(2)6-9/h4-7H,3H2,1-2H3,(H,19,22). The number of rotatable bonds is 3. The normalized spacial score (nSPS) is 11.0. The molecule has 24 heavy (non-hydrogen) atoms. The number of aromatic nitrogens is 3. The van der Waals surface area contributed by atoms with Crippen LogP contribution in [0, 0.1) is 6.92 Å². The first-order valence-corrected chi connectivity index (χ1v) is 7.92. The number of carbonyl (C=O) groups is 1. The van der Waals surface area contributed by atoms with E-state index in [1.54, 1.807) is 25.3 Å². The number of fused-ring (bicyclic) bond motifs is 1. The minimum atomic E-state index is -0.672. The molecule has 1 N–H and O–H groups in total. The number of ether oxygens (including phenoxy) is 1. The van der Waals surface area contributed by atoms with Gasteiger partial charge in [-0.25, -0.2) is 9.31 Å². The molecule has 2 heterocycles. The third-order valence-electron chi connectivity index (χ3n) is 3.51. The van der Waals surface area contributed by atoms with Gasteiger partial charge in [0.2, 0.25) is 0 Å². The fourth-order valence-corrected chi connectivity index (χ4v) is 2.74. The summed E-state index contributed by atoms with van der Waals surface area (Å²) in [5.74, 6) is -0.672. The summed E-state index contributed by atoms with van der Waals surface area (Å²) in [4.78, 5) is 27.0. The van der Waals surface area contributed by atoms with E-state index in [9.17, 15) is 9.59 Å². The van der Waals surface area contributed by atoms with Crippen LogP contribution in [-0.2, 0) is 4.74 Å². The lowest BCUT2D eigenvalue weighted by atomic mass is 10.1. The maximum Gasteiger partial charge on any atom is 0.360 e. The van der Waals surface area contributed by atoms with Gasteiger partial charge in [0.15, 0.2) is 11.2 Å². The van der Waals surface area contributed by atoms with Crippen molar-refractivity contribution in [2.75, 3.05) is 6.61 Å². The van der Waals surface area contributed by atoms with Gasteiger partial charge in [-0.2, -0.15) is 5.10 Å². The topological polar surface area (TPSA) is 76.5 Å². The van der Waals surface area contributed by atoms with E-state index in [4.69, 9.17) is 27.9 Å². The molecular formula is C16H13Cl2N3O3. The fourth-order valence-electron chi connectivity index (χ4n) is 2.34. The van der Waals surface area contributed by atoms with E-state index in [0.29, 0.717) is 10.7 Å². The maximum absolute atomic E-state index is 12.4. The lowest BCUT2D eigenvalue weighted by Crippen LogP contribution is -2.11. The summed E-state index contributed by atoms with van der Waals surface area (Å²) in [6.45, 7) is 3.73. The summed E-state index contributed by atoms with van der Waals surface area (Å²) in [5, 5.41) is 4.68. The third-order valence-corrected chi connectivity index (χ3v) is 4.29. The quantitative estimate of drug-likeness (QED) is 0.720. The molecule has 3 rings (SSSR count). The average Bonchev–Trinajstić information content (AvgIpc) is 2.87. The van der Waals surface area contributed by atoms with Crippen LogP contribution in [0.2, 0.25) is 10.0 Å². The van der Waals surface area contributed by atoms with Crippen LogP contribution >= 0.6 is 23.2 Å². The molecule has 0 aliphatic heterocycles. The molecule has 0 spiro atoms. The van der Waals surface area contributed by atoms with E-state index in [0.717, 1.165) is 11.1 Å². The zero-order chi connectivity index (χ0) is 17.4. The Morgan fingerprint density at radius 3 is 2.79 bits per heavy atom. The molecule has 8 heteroatoms. The Morgan fingerprint density at radius 1 is 1.38 bits per heavy atom. The number of aromatic amines is 1. The first kappa shape index (κ1) is 16.5. The second-order valence-corrected chi connectivity index (χ2v) is 5.92. The summed E-state index contributed by atoms with van der Waals surface area (Å²) in [6.07, 6.45) is 1.59. The van der Waals surface area contributed by atoms with Crippen LogP contribution in [0.25, 0.3) is 16.8 Å². The number of nitrogens with one attached hydrogen (secondary N) is 1. The highest BCUT2D eigenvalue weighted by Crippen LogP contribution is 2.25. The van der Waals surface area contributed by atoms with Crippen LogP contribution in [0.1, 0.15) is 23.0 Å². The van der Waals surface area contributed by atoms with Crippen molar-refractivity contribution in [3.63, 3.8) is 0 Å². The third kappa shape index (κ3) is 2.79. The van der Waals surface area contributed by atoms with Gasteiger partial charge in [0.1, 0.15) is 5.02 Å². The van der Waals surface area contributed by atoms with Crippen LogP contribution in [0.5, 0.6) is 0 Å². The zero-order valence-corrected chi connectivity index (χ0v) is 14.4. The SMILES string of the molecule is CCOC(=O)c1nn2cc(-c3ccc(Cl)c(C)c3)[nH]c(=O)c2c1Cl. The van der Waals surface area contributed by atoms with Gasteiger partial charge in [-0.15, -0.1) is 0 Å². The Balaban J connectivity index is 2.18. The van der Waals surface area contributed by atoms with Crippen molar-refractivity contribution in [1.82, 2.24) is 14.6 Å². The highest BCUT2D eigenvalue weighted by Gasteiger charge is 2.21. The van der Waals surface area contributed by atoms with E-state index in [1.807, 2.05) is 13.0 Å². The Bertz CT molecular complexity index is 1010. The molecule has 3 aromatic rings. The number of carbonyl (C=O) groups excluding carboxylic acids is 1. The number of benzene rings is 1. The van der Waals surface area contributed by atoms with Crippen molar-refractivity contribution >= 4 is 34.7 Å². The number of hydrogen-bond donors (Lipinski definition) is 1. The van der Waals surface area contributed by atoms with E-state index in [1.165, 1.54) is 4.52 Å². The van der Waals surface area contributed by atoms with Crippen molar-refractivity contribution in [3.05, 3.63) is 56.1 Å². The zero-order valence-electron chi connectivity index (χ0n) is 12.9.